The molecule has 0 aromatic heterocycles. The molecule has 2 aromatic carbocycles. The molecule has 0 unspecified atom stereocenters. The van der Waals surface area contributed by atoms with Gasteiger partial charge in [-0.2, -0.15) is 0 Å². The van der Waals surface area contributed by atoms with Crippen molar-refractivity contribution in [2.24, 2.45) is 0 Å². The van der Waals surface area contributed by atoms with Crippen LogP contribution in [-0.2, 0) is 14.3 Å². The average Bonchev–Trinajstić information content (AvgIpc) is 3.25. The number of amides is 1. The fourth-order valence-electron chi connectivity index (χ4n) is 3.38. The minimum atomic E-state index is -0.536. The summed E-state index contributed by atoms with van der Waals surface area (Å²) in [5.41, 5.74) is 2.37. The Bertz CT molecular complexity index is 1110. The molecule has 0 saturated carbocycles. The molecule has 2 aliphatic rings. The van der Waals surface area contributed by atoms with Crippen molar-refractivity contribution >= 4 is 55.5 Å². The Balaban J connectivity index is 1.83. The molecule has 2 aromatic rings. The maximum atomic E-state index is 13.4. The first-order valence-corrected chi connectivity index (χ1v) is 10.8. The van der Waals surface area contributed by atoms with Crippen LogP contribution in [0.4, 0.5) is 5.69 Å². The van der Waals surface area contributed by atoms with E-state index >= 15 is 0 Å². The molecule has 6 nitrogen and oxygen atoms in total. The standard InChI is InChI=1S/C22H17Br2NO5/c1-3-28-22(27)20-12(2)25(15-6-4-14(23)5-7-15)21(26)16(20)8-13-9-18-19(10-17(13)24)30-11-29-18/h4-10H,3,11H2,1-2H3/b16-8-. The first-order chi connectivity index (χ1) is 14.4. The second-order valence-electron chi connectivity index (χ2n) is 6.58. The molecule has 154 valence electrons. The summed E-state index contributed by atoms with van der Waals surface area (Å²) in [5.74, 6) is 0.364. The number of fused-ring (bicyclic) bond motifs is 1. The Labute approximate surface area is 190 Å². The van der Waals surface area contributed by atoms with Gasteiger partial charge in [-0.15, -0.1) is 0 Å². The van der Waals surface area contributed by atoms with Gasteiger partial charge in [-0.05, 0) is 61.9 Å². The van der Waals surface area contributed by atoms with Crippen LogP contribution in [0.5, 0.6) is 11.5 Å². The summed E-state index contributed by atoms with van der Waals surface area (Å²) in [6.07, 6.45) is 1.67. The van der Waals surface area contributed by atoms with Crippen LogP contribution in [0.25, 0.3) is 6.08 Å². The fraction of sp³-hybridized carbons (Fsp3) is 0.182. The van der Waals surface area contributed by atoms with Crippen LogP contribution in [0, 0.1) is 0 Å². The Morgan fingerprint density at radius 1 is 1.17 bits per heavy atom. The van der Waals surface area contributed by atoms with Gasteiger partial charge in [-0.1, -0.05) is 31.9 Å². The SMILES string of the molecule is CCOC(=O)C1=C(C)N(c2ccc(Br)cc2)C(=O)/C1=C\c1cc2c(cc1Br)OCO2. The van der Waals surface area contributed by atoms with Crippen molar-refractivity contribution in [2.45, 2.75) is 13.8 Å². The quantitative estimate of drug-likeness (QED) is 0.398. The van der Waals surface area contributed by atoms with Crippen molar-refractivity contribution in [3.05, 3.63) is 67.8 Å². The van der Waals surface area contributed by atoms with Crippen molar-refractivity contribution in [3.8, 4) is 11.5 Å². The number of hydrogen-bond acceptors (Lipinski definition) is 5. The van der Waals surface area contributed by atoms with Gasteiger partial charge in [-0.25, -0.2) is 4.79 Å². The fourth-order valence-corrected chi connectivity index (χ4v) is 4.08. The average molecular weight is 535 g/mol. The molecule has 0 saturated heterocycles. The third kappa shape index (κ3) is 3.65. The molecule has 0 radical (unpaired) electrons. The monoisotopic (exact) mass is 533 g/mol. The number of hydrogen-bond donors (Lipinski definition) is 0. The van der Waals surface area contributed by atoms with E-state index in [0.29, 0.717) is 28.4 Å². The van der Waals surface area contributed by atoms with E-state index in [4.69, 9.17) is 14.2 Å². The highest BCUT2D eigenvalue weighted by atomic mass is 79.9. The first kappa shape index (κ1) is 20.7. The summed E-state index contributed by atoms with van der Waals surface area (Å²) >= 11 is 6.91. The van der Waals surface area contributed by atoms with Gasteiger partial charge >= 0.3 is 5.97 Å². The van der Waals surface area contributed by atoms with Gasteiger partial charge in [0, 0.05) is 20.3 Å². The molecule has 0 bridgehead atoms. The number of carbonyl (C=O) groups excluding carboxylic acids is 2. The van der Waals surface area contributed by atoms with Gasteiger partial charge in [0.05, 0.1) is 17.8 Å². The second-order valence-corrected chi connectivity index (χ2v) is 8.35. The summed E-state index contributed by atoms with van der Waals surface area (Å²) in [5, 5.41) is 0. The molecule has 0 aliphatic carbocycles. The number of allylic oxidation sites excluding steroid dienone is 1. The third-order valence-corrected chi connectivity index (χ3v) is 5.97. The summed E-state index contributed by atoms with van der Waals surface area (Å²) in [7, 11) is 0. The lowest BCUT2D eigenvalue weighted by atomic mass is 10.0. The molecular weight excluding hydrogens is 518 g/mol. The first-order valence-electron chi connectivity index (χ1n) is 9.20. The summed E-state index contributed by atoms with van der Waals surface area (Å²) in [6.45, 7) is 3.82. The molecular formula is C22H17Br2NO5. The Kier molecular flexibility index (Phi) is 5.71. The van der Waals surface area contributed by atoms with Gasteiger partial charge < -0.3 is 14.2 Å². The van der Waals surface area contributed by atoms with E-state index in [1.807, 2.05) is 24.3 Å². The molecule has 0 N–H and O–H groups in total. The number of halogens is 2. The van der Waals surface area contributed by atoms with Crippen molar-refractivity contribution in [1.29, 1.82) is 0 Å². The molecule has 4 rings (SSSR count). The maximum absolute atomic E-state index is 13.4. The van der Waals surface area contributed by atoms with Crippen LogP contribution < -0.4 is 14.4 Å². The van der Waals surface area contributed by atoms with Gasteiger partial charge in [-0.3, -0.25) is 9.69 Å². The highest BCUT2D eigenvalue weighted by Gasteiger charge is 2.38. The molecule has 1 amide bonds. The number of ether oxygens (including phenoxy) is 3. The van der Waals surface area contributed by atoms with Crippen LogP contribution in [0.1, 0.15) is 19.4 Å². The Morgan fingerprint density at radius 2 is 1.83 bits per heavy atom. The molecule has 8 heteroatoms. The number of nitrogens with zero attached hydrogens (tertiary/aromatic N) is 1. The van der Waals surface area contributed by atoms with E-state index in [1.54, 1.807) is 32.1 Å². The second kappa shape index (κ2) is 8.28. The lowest BCUT2D eigenvalue weighted by molar-refractivity contribution is -0.138. The lowest BCUT2D eigenvalue weighted by Crippen LogP contribution is -2.24. The largest absolute Gasteiger partial charge is 0.462 e. The Hall–Kier alpha value is -2.58. The van der Waals surface area contributed by atoms with Crippen molar-refractivity contribution in [2.75, 3.05) is 18.3 Å². The number of anilines is 1. The van der Waals surface area contributed by atoms with Gasteiger partial charge in [0.15, 0.2) is 11.5 Å². The van der Waals surface area contributed by atoms with Crippen LogP contribution in [0.2, 0.25) is 0 Å². The maximum Gasteiger partial charge on any atom is 0.340 e. The van der Waals surface area contributed by atoms with E-state index in [9.17, 15) is 9.59 Å². The van der Waals surface area contributed by atoms with Crippen LogP contribution >= 0.6 is 31.9 Å². The van der Waals surface area contributed by atoms with Gasteiger partial charge in [0.1, 0.15) is 0 Å². The highest BCUT2D eigenvalue weighted by molar-refractivity contribution is 9.10. The van der Waals surface area contributed by atoms with Crippen molar-refractivity contribution in [3.63, 3.8) is 0 Å². The zero-order chi connectivity index (χ0) is 21.4. The molecule has 2 heterocycles. The number of esters is 1. The number of rotatable bonds is 4. The minimum Gasteiger partial charge on any atom is -0.462 e. The van der Waals surface area contributed by atoms with E-state index in [-0.39, 0.29) is 30.5 Å². The Morgan fingerprint density at radius 3 is 2.50 bits per heavy atom. The summed E-state index contributed by atoms with van der Waals surface area (Å²) in [6, 6.07) is 10.9. The number of benzene rings is 2. The third-order valence-electron chi connectivity index (χ3n) is 4.76. The zero-order valence-electron chi connectivity index (χ0n) is 16.2. The van der Waals surface area contributed by atoms with Crippen LogP contribution in [0.3, 0.4) is 0 Å². The van der Waals surface area contributed by atoms with E-state index < -0.39 is 5.97 Å². The molecule has 0 spiro atoms. The topological polar surface area (TPSA) is 65.1 Å². The number of carbonyl (C=O) groups is 2. The predicted octanol–water partition coefficient (Wildman–Crippen LogP) is 5.21. The smallest absolute Gasteiger partial charge is 0.340 e. The van der Waals surface area contributed by atoms with Gasteiger partial charge in [0.25, 0.3) is 5.91 Å². The molecule has 30 heavy (non-hydrogen) atoms. The predicted molar refractivity (Wildman–Crippen MR) is 119 cm³/mol. The molecule has 0 fully saturated rings. The zero-order valence-corrected chi connectivity index (χ0v) is 19.4. The van der Waals surface area contributed by atoms with E-state index in [1.165, 1.54) is 4.90 Å². The van der Waals surface area contributed by atoms with E-state index in [0.717, 1.165) is 8.95 Å². The van der Waals surface area contributed by atoms with Gasteiger partial charge in [0.2, 0.25) is 6.79 Å². The lowest BCUT2D eigenvalue weighted by Gasteiger charge is -2.18. The normalized spacial score (nSPS) is 16.6. The van der Waals surface area contributed by atoms with Crippen molar-refractivity contribution < 1.29 is 23.8 Å². The molecule has 0 atom stereocenters. The van der Waals surface area contributed by atoms with Crippen LogP contribution in [0.15, 0.2) is 62.2 Å². The van der Waals surface area contributed by atoms with E-state index in [2.05, 4.69) is 31.9 Å². The van der Waals surface area contributed by atoms with Crippen molar-refractivity contribution in [1.82, 2.24) is 0 Å². The highest BCUT2D eigenvalue weighted by Crippen LogP contribution is 2.40. The minimum absolute atomic E-state index is 0.144. The summed E-state index contributed by atoms with van der Waals surface area (Å²) in [4.78, 5) is 27.7. The summed E-state index contributed by atoms with van der Waals surface area (Å²) < 4.78 is 17.7. The molecule has 2 aliphatic heterocycles. The van der Waals surface area contributed by atoms with Crippen LogP contribution in [-0.4, -0.2) is 25.3 Å².